The fourth-order valence-electron chi connectivity index (χ4n) is 2.76. The Kier molecular flexibility index (Phi) is 7.55. The van der Waals surface area contributed by atoms with E-state index in [-0.39, 0.29) is 22.0 Å². The van der Waals surface area contributed by atoms with Gasteiger partial charge in [0.2, 0.25) is 11.8 Å². The maximum absolute atomic E-state index is 12.5. The van der Waals surface area contributed by atoms with Crippen LogP contribution in [0.4, 0.5) is 17.1 Å². The monoisotopic (exact) mass is 469 g/mol. The first kappa shape index (κ1) is 23.4. The molecule has 3 N–H and O–H groups in total. The van der Waals surface area contributed by atoms with Gasteiger partial charge in [-0.15, -0.1) is 11.8 Å². The molecule has 166 valence electrons. The molecule has 0 heterocycles. The van der Waals surface area contributed by atoms with E-state index in [1.807, 2.05) is 12.1 Å². The quantitative estimate of drug-likeness (QED) is 0.420. The van der Waals surface area contributed by atoms with E-state index in [0.29, 0.717) is 17.1 Å². The number of para-hydroxylation sites is 1. The lowest BCUT2D eigenvalue weighted by Gasteiger charge is -2.13. The van der Waals surface area contributed by atoms with E-state index in [4.69, 9.17) is 0 Å². The lowest BCUT2D eigenvalue weighted by molar-refractivity contribution is -0.115. The van der Waals surface area contributed by atoms with Gasteiger partial charge in [0, 0.05) is 28.9 Å². The van der Waals surface area contributed by atoms with Gasteiger partial charge in [-0.25, -0.2) is 8.42 Å². The molecule has 0 radical (unpaired) electrons. The van der Waals surface area contributed by atoms with E-state index in [1.165, 1.54) is 30.8 Å². The second kappa shape index (κ2) is 10.3. The molecular formula is C23H23N3O4S2. The number of nitrogens with one attached hydrogen (secondary N) is 3. The Labute approximate surface area is 191 Å². The molecule has 0 bridgehead atoms. The van der Waals surface area contributed by atoms with Crippen molar-refractivity contribution in [1.82, 2.24) is 0 Å². The van der Waals surface area contributed by atoms with Crippen molar-refractivity contribution >= 4 is 50.7 Å². The predicted molar refractivity (Wildman–Crippen MR) is 128 cm³/mol. The SMILES string of the molecule is CC(=O)Nc1ccc(SC(C)C(=O)Nc2ccc(S(=O)(=O)Nc3ccccc3)cc2)cc1. The zero-order valence-electron chi connectivity index (χ0n) is 17.5. The average molecular weight is 470 g/mol. The van der Waals surface area contributed by atoms with Gasteiger partial charge in [0.15, 0.2) is 0 Å². The van der Waals surface area contributed by atoms with Crippen LogP contribution in [-0.4, -0.2) is 25.5 Å². The number of rotatable bonds is 8. The molecule has 32 heavy (non-hydrogen) atoms. The maximum Gasteiger partial charge on any atom is 0.261 e. The van der Waals surface area contributed by atoms with Crippen molar-refractivity contribution in [2.24, 2.45) is 0 Å². The summed E-state index contributed by atoms with van der Waals surface area (Å²) in [5.41, 5.74) is 1.67. The zero-order chi connectivity index (χ0) is 23.1. The van der Waals surface area contributed by atoms with Gasteiger partial charge in [0.05, 0.1) is 10.1 Å². The molecule has 0 aliphatic carbocycles. The largest absolute Gasteiger partial charge is 0.326 e. The first-order valence-electron chi connectivity index (χ1n) is 9.76. The number of carbonyl (C=O) groups is 2. The Morgan fingerprint density at radius 3 is 1.94 bits per heavy atom. The van der Waals surface area contributed by atoms with Gasteiger partial charge in [-0.3, -0.25) is 14.3 Å². The van der Waals surface area contributed by atoms with Crippen LogP contribution in [0.15, 0.2) is 88.7 Å². The number of thioether (sulfide) groups is 1. The minimum atomic E-state index is -3.72. The van der Waals surface area contributed by atoms with Gasteiger partial charge >= 0.3 is 0 Å². The van der Waals surface area contributed by atoms with Gasteiger partial charge in [0.25, 0.3) is 10.0 Å². The number of hydrogen-bond acceptors (Lipinski definition) is 5. The lowest BCUT2D eigenvalue weighted by atomic mass is 10.3. The van der Waals surface area contributed by atoms with Gasteiger partial charge in [0.1, 0.15) is 0 Å². The molecule has 0 saturated carbocycles. The van der Waals surface area contributed by atoms with E-state index >= 15 is 0 Å². The predicted octanol–water partition coefficient (Wildman–Crippen LogP) is 4.57. The second-order valence-corrected chi connectivity index (χ2v) is 10.0. The first-order valence-corrected chi connectivity index (χ1v) is 12.1. The van der Waals surface area contributed by atoms with Gasteiger partial charge < -0.3 is 10.6 Å². The third-order valence-corrected chi connectivity index (χ3v) is 6.82. The molecule has 0 aliphatic heterocycles. The summed E-state index contributed by atoms with van der Waals surface area (Å²) in [4.78, 5) is 24.6. The summed E-state index contributed by atoms with van der Waals surface area (Å²) in [7, 11) is -3.72. The first-order chi connectivity index (χ1) is 15.2. The summed E-state index contributed by atoms with van der Waals surface area (Å²) >= 11 is 1.38. The Balaban J connectivity index is 1.58. The molecule has 0 aliphatic rings. The van der Waals surface area contributed by atoms with Crippen LogP contribution < -0.4 is 15.4 Å². The molecule has 2 amide bonds. The number of sulfonamides is 1. The third kappa shape index (κ3) is 6.60. The fourth-order valence-corrected chi connectivity index (χ4v) is 4.69. The normalized spacial score (nSPS) is 11.9. The van der Waals surface area contributed by atoms with E-state index in [9.17, 15) is 18.0 Å². The molecule has 9 heteroatoms. The lowest BCUT2D eigenvalue weighted by Crippen LogP contribution is -2.22. The van der Waals surface area contributed by atoms with Crippen molar-refractivity contribution in [2.45, 2.75) is 28.9 Å². The summed E-state index contributed by atoms with van der Waals surface area (Å²) < 4.78 is 27.5. The van der Waals surface area contributed by atoms with Crippen molar-refractivity contribution in [2.75, 3.05) is 15.4 Å². The molecule has 0 saturated heterocycles. The summed E-state index contributed by atoms with van der Waals surface area (Å²) in [6.45, 7) is 3.22. The molecule has 0 fully saturated rings. The molecule has 3 aromatic rings. The van der Waals surface area contributed by atoms with Crippen LogP contribution in [0.5, 0.6) is 0 Å². The average Bonchev–Trinajstić information content (AvgIpc) is 2.75. The molecule has 3 aromatic carbocycles. The number of amides is 2. The number of anilines is 3. The van der Waals surface area contributed by atoms with Crippen molar-refractivity contribution in [3.05, 3.63) is 78.9 Å². The van der Waals surface area contributed by atoms with Crippen LogP contribution in [-0.2, 0) is 19.6 Å². The topological polar surface area (TPSA) is 104 Å². The number of carbonyl (C=O) groups excluding carboxylic acids is 2. The van der Waals surface area contributed by atoms with E-state index < -0.39 is 10.0 Å². The van der Waals surface area contributed by atoms with Crippen molar-refractivity contribution in [3.63, 3.8) is 0 Å². The molecule has 3 rings (SSSR count). The minimum absolute atomic E-state index is 0.0982. The maximum atomic E-state index is 12.5. The number of benzene rings is 3. The van der Waals surface area contributed by atoms with Crippen molar-refractivity contribution in [1.29, 1.82) is 0 Å². The smallest absolute Gasteiger partial charge is 0.261 e. The summed E-state index contributed by atoms with van der Waals surface area (Å²) in [6.07, 6.45) is 0. The third-order valence-electron chi connectivity index (χ3n) is 4.31. The standard InChI is InChI=1S/C23H23N3O4S2/c1-16(31-21-12-8-18(9-13-21)24-17(2)27)23(28)25-19-10-14-22(15-11-19)32(29,30)26-20-6-4-3-5-7-20/h3-16,26H,1-2H3,(H,24,27)(H,25,28). The molecule has 0 spiro atoms. The Morgan fingerprint density at radius 1 is 0.781 bits per heavy atom. The molecular weight excluding hydrogens is 446 g/mol. The van der Waals surface area contributed by atoms with Crippen molar-refractivity contribution < 1.29 is 18.0 Å². The van der Waals surface area contributed by atoms with E-state index in [2.05, 4.69) is 15.4 Å². The van der Waals surface area contributed by atoms with Crippen LogP contribution in [0, 0.1) is 0 Å². The molecule has 0 aromatic heterocycles. The van der Waals surface area contributed by atoms with Crippen LogP contribution in [0.3, 0.4) is 0 Å². The Bertz CT molecular complexity index is 1180. The van der Waals surface area contributed by atoms with Crippen molar-refractivity contribution in [3.8, 4) is 0 Å². The molecule has 1 unspecified atom stereocenters. The summed E-state index contributed by atoms with van der Waals surface area (Å²) in [5, 5.41) is 5.11. The Hall–Kier alpha value is -3.30. The zero-order valence-corrected chi connectivity index (χ0v) is 19.2. The van der Waals surface area contributed by atoms with Crippen LogP contribution in [0.1, 0.15) is 13.8 Å². The van der Waals surface area contributed by atoms with E-state index in [0.717, 1.165) is 4.90 Å². The van der Waals surface area contributed by atoms with Gasteiger partial charge in [-0.05, 0) is 67.6 Å². The van der Waals surface area contributed by atoms with Gasteiger partial charge in [-0.2, -0.15) is 0 Å². The van der Waals surface area contributed by atoms with E-state index in [1.54, 1.807) is 61.5 Å². The second-order valence-electron chi connectivity index (χ2n) is 6.95. The van der Waals surface area contributed by atoms with Crippen LogP contribution in [0.25, 0.3) is 0 Å². The highest BCUT2D eigenvalue weighted by molar-refractivity contribution is 8.00. The highest BCUT2D eigenvalue weighted by atomic mass is 32.2. The number of hydrogen-bond donors (Lipinski definition) is 3. The van der Waals surface area contributed by atoms with Gasteiger partial charge in [-0.1, -0.05) is 18.2 Å². The summed E-state index contributed by atoms with van der Waals surface area (Å²) in [5.74, 6) is -0.355. The molecule has 1 atom stereocenters. The fraction of sp³-hybridized carbons (Fsp3) is 0.130. The van der Waals surface area contributed by atoms with Crippen LogP contribution >= 0.6 is 11.8 Å². The van der Waals surface area contributed by atoms with Crippen LogP contribution in [0.2, 0.25) is 0 Å². The Morgan fingerprint density at radius 2 is 1.34 bits per heavy atom. The highest BCUT2D eigenvalue weighted by Gasteiger charge is 2.17. The molecule has 7 nitrogen and oxygen atoms in total. The summed E-state index contributed by atoms with van der Waals surface area (Å²) in [6, 6.07) is 21.8. The minimum Gasteiger partial charge on any atom is -0.326 e. The highest BCUT2D eigenvalue weighted by Crippen LogP contribution is 2.26.